The number of nitrogens with one attached hydrogen (secondary N) is 2. The fraction of sp³-hybridized carbons (Fsp3) is 0.222. The smallest absolute Gasteiger partial charge is 0.371 e. The van der Waals surface area contributed by atoms with Gasteiger partial charge in [-0.1, -0.05) is 11.8 Å². The third-order valence-corrected chi connectivity index (χ3v) is 2.43. The van der Waals surface area contributed by atoms with Gasteiger partial charge < -0.3 is 9.52 Å². The molecule has 0 saturated heterocycles. The molecule has 0 aromatic carbocycles. The van der Waals surface area contributed by atoms with Crippen LogP contribution in [0.2, 0.25) is 0 Å². The first kappa shape index (κ1) is 13.1. The third kappa shape index (κ3) is 4.60. The fourth-order valence-corrected chi connectivity index (χ4v) is 1.50. The Bertz CT molecular complexity index is 442. The lowest BCUT2D eigenvalue weighted by atomic mass is 10.5. The van der Waals surface area contributed by atoms with E-state index in [2.05, 4.69) is 10.9 Å². The molecule has 0 radical (unpaired) electrons. The van der Waals surface area contributed by atoms with E-state index >= 15 is 0 Å². The normalized spacial score (nSPS) is 9.71. The SMILES string of the molecule is CC(=O)NNC(=O)CSc1ccc(C(=O)O)o1. The van der Waals surface area contributed by atoms with E-state index in [1.54, 1.807) is 0 Å². The Morgan fingerprint density at radius 3 is 2.59 bits per heavy atom. The summed E-state index contributed by atoms with van der Waals surface area (Å²) in [5.74, 6) is -2.14. The Labute approximate surface area is 101 Å². The van der Waals surface area contributed by atoms with Crippen LogP contribution in [0.5, 0.6) is 0 Å². The van der Waals surface area contributed by atoms with E-state index < -0.39 is 11.9 Å². The molecule has 8 heteroatoms. The molecule has 2 amide bonds. The number of carboxylic acid groups (broad SMARTS) is 1. The van der Waals surface area contributed by atoms with E-state index in [9.17, 15) is 14.4 Å². The summed E-state index contributed by atoms with van der Waals surface area (Å²) < 4.78 is 4.92. The second-order valence-corrected chi connectivity index (χ2v) is 3.92. The van der Waals surface area contributed by atoms with E-state index in [1.807, 2.05) is 0 Å². The summed E-state index contributed by atoms with van der Waals surface area (Å²) in [5.41, 5.74) is 4.29. The van der Waals surface area contributed by atoms with Crippen molar-refractivity contribution < 1.29 is 23.9 Å². The zero-order valence-corrected chi connectivity index (χ0v) is 9.67. The first-order valence-electron chi connectivity index (χ1n) is 4.50. The van der Waals surface area contributed by atoms with E-state index in [0.717, 1.165) is 11.8 Å². The predicted octanol–water partition coefficient (Wildman–Crippen LogP) is 0.237. The molecular formula is C9H10N2O5S. The van der Waals surface area contributed by atoms with Crippen molar-refractivity contribution in [1.82, 2.24) is 10.9 Å². The molecule has 17 heavy (non-hydrogen) atoms. The molecule has 0 aliphatic heterocycles. The van der Waals surface area contributed by atoms with E-state index in [4.69, 9.17) is 9.52 Å². The number of carbonyl (C=O) groups excluding carboxylic acids is 2. The van der Waals surface area contributed by atoms with Crippen molar-refractivity contribution in [2.45, 2.75) is 12.0 Å². The summed E-state index contributed by atoms with van der Waals surface area (Å²) in [6.07, 6.45) is 0. The highest BCUT2D eigenvalue weighted by molar-refractivity contribution is 7.99. The molecule has 92 valence electrons. The number of hydrazine groups is 1. The summed E-state index contributed by atoms with van der Waals surface area (Å²) in [6.45, 7) is 1.26. The Hall–Kier alpha value is -1.96. The van der Waals surface area contributed by atoms with Crippen molar-refractivity contribution in [3.63, 3.8) is 0 Å². The summed E-state index contributed by atoms with van der Waals surface area (Å²) in [5, 5.41) is 8.91. The van der Waals surface area contributed by atoms with Crippen LogP contribution < -0.4 is 10.9 Å². The number of amides is 2. The van der Waals surface area contributed by atoms with Crippen molar-refractivity contribution in [2.75, 3.05) is 5.75 Å². The van der Waals surface area contributed by atoms with Crippen molar-refractivity contribution in [2.24, 2.45) is 0 Å². The summed E-state index contributed by atoms with van der Waals surface area (Å²) in [7, 11) is 0. The van der Waals surface area contributed by atoms with Crippen LogP contribution in [0.1, 0.15) is 17.5 Å². The molecule has 0 aliphatic rings. The second-order valence-electron chi connectivity index (χ2n) is 2.94. The summed E-state index contributed by atoms with van der Waals surface area (Å²) >= 11 is 1.03. The topological polar surface area (TPSA) is 109 Å². The van der Waals surface area contributed by atoms with Gasteiger partial charge in [-0.2, -0.15) is 0 Å². The molecule has 0 spiro atoms. The number of furan rings is 1. The average Bonchev–Trinajstić information content (AvgIpc) is 2.72. The Morgan fingerprint density at radius 2 is 2.06 bits per heavy atom. The molecule has 1 aromatic rings. The lowest BCUT2D eigenvalue weighted by Gasteiger charge is -2.03. The number of hydrogen-bond acceptors (Lipinski definition) is 5. The molecule has 1 heterocycles. The lowest BCUT2D eigenvalue weighted by molar-refractivity contribution is -0.126. The Balaban J connectivity index is 2.36. The van der Waals surface area contributed by atoms with Crippen LogP contribution in [0.15, 0.2) is 21.6 Å². The standard InChI is InChI=1S/C9H10N2O5S/c1-5(12)10-11-7(13)4-17-8-3-2-6(16-8)9(14)15/h2-3H,4H2,1H3,(H,10,12)(H,11,13)(H,14,15). The maximum atomic E-state index is 11.2. The Morgan fingerprint density at radius 1 is 1.35 bits per heavy atom. The molecule has 0 bridgehead atoms. The van der Waals surface area contributed by atoms with Gasteiger partial charge in [-0.3, -0.25) is 20.4 Å². The van der Waals surface area contributed by atoms with Crippen LogP contribution in [-0.2, 0) is 9.59 Å². The first-order chi connectivity index (χ1) is 7.99. The maximum absolute atomic E-state index is 11.2. The van der Waals surface area contributed by atoms with Gasteiger partial charge >= 0.3 is 5.97 Å². The molecule has 0 atom stereocenters. The fourth-order valence-electron chi connectivity index (χ4n) is 0.843. The van der Waals surface area contributed by atoms with Crippen LogP contribution >= 0.6 is 11.8 Å². The number of rotatable bonds is 4. The number of aromatic carboxylic acids is 1. The van der Waals surface area contributed by atoms with Crippen LogP contribution in [0, 0.1) is 0 Å². The highest BCUT2D eigenvalue weighted by atomic mass is 32.2. The van der Waals surface area contributed by atoms with Gasteiger partial charge in [0.2, 0.25) is 17.6 Å². The van der Waals surface area contributed by atoms with Crippen LogP contribution in [0.25, 0.3) is 0 Å². The summed E-state index contributed by atoms with van der Waals surface area (Å²) in [6, 6.07) is 2.76. The average molecular weight is 258 g/mol. The molecular weight excluding hydrogens is 248 g/mol. The minimum atomic E-state index is -1.17. The van der Waals surface area contributed by atoms with E-state index in [1.165, 1.54) is 19.1 Å². The quantitative estimate of drug-likeness (QED) is 0.527. The monoisotopic (exact) mass is 258 g/mol. The molecule has 1 aromatic heterocycles. The van der Waals surface area contributed by atoms with Gasteiger partial charge in [0.1, 0.15) is 0 Å². The summed E-state index contributed by atoms with van der Waals surface area (Å²) in [4.78, 5) is 32.1. The van der Waals surface area contributed by atoms with Crippen molar-refractivity contribution in [1.29, 1.82) is 0 Å². The number of hydrogen-bond donors (Lipinski definition) is 3. The molecule has 0 unspecified atom stereocenters. The maximum Gasteiger partial charge on any atom is 0.371 e. The molecule has 3 N–H and O–H groups in total. The van der Waals surface area contributed by atoms with E-state index in [-0.39, 0.29) is 17.4 Å². The predicted molar refractivity (Wildman–Crippen MR) is 58.4 cm³/mol. The lowest BCUT2D eigenvalue weighted by Crippen LogP contribution is -2.41. The highest BCUT2D eigenvalue weighted by Gasteiger charge is 2.10. The van der Waals surface area contributed by atoms with Gasteiger partial charge in [0.05, 0.1) is 5.75 Å². The number of carbonyl (C=O) groups is 3. The zero-order valence-electron chi connectivity index (χ0n) is 8.85. The highest BCUT2D eigenvalue weighted by Crippen LogP contribution is 2.20. The largest absolute Gasteiger partial charge is 0.475 e. The number of thioether (sulfide) groups is 1. The Kier molecular flexibility index (Phi) is 4.58. The van der Waals surface area contributed by atoms with Crippen LogP contribution in [0.3, 0.4) is 0 Å². The van der Waals surface area contributed by atoms with Crippen molar-refractivity contribution in [3.8, 4) is 0 Å². The minimum Gasteiger partial charge on any atom is -0.475 e. The van der Waals surface area contributed by atoms with Gasteiger partial charge in [0, 0.05) is 6.92 Å². The van der Waals surface area contributed by atoms with Crippen LogP contribution in [0.4, 0.5) is 0 Å². The van der Waals surface area contributed by atoms with Crippen molar-refractivity contribution >= 4 is 29.5 Å². The van der Waals surface area contributed by atoms with Gasteiger partial charge in [-0.25, -0.2) is 4.79 Å². The first-order valence-corrected chi connectivity index (χ1v) is 5.49. The molecule has 0 aliphatic carbocycles. The van der Waals surface area contributed by atoms with Crippen LogP contribution in [-0.4, -0.2) is 28.6 Å². The molecule has 1 rings (SSSR count). The second kappa shape index (κ2) is 5.94. The minimum absolute atomic E-state index is 0.00680. The zero-order chi connectivity index (χ0) is 12.8. The molecule has 0 fully saturated rings. The van der Waals surface area contributed by atoms with Crippen molar-refractivity contribution in [3.05, 3.63) is 17.9 Å². The third-order valence-electron chi connectivity index (χ3n) is 1.52. The van der Waals surface area contributed by atoms with Gasteiger partial charge in [-0.05, 0) is 12.1 Å². The van der Waals surface area contributed by atoms with E-state index in [0.29, 0.717) is 5.09 Å². The van der Waals surface area contributed by atoms with Gasteiger partial charge in [0.25, 0.3) is 0 Å². The van der Waals surface area contributed by atoms with Gasteiger partial charge in [0.15, 0.2) is 5.09 Å². The molecule has 0 saturated carbocycles. The number of carboxylic acids is 1. The molecule has 7 nitrogen and oxygen atoms in total. The van der Waals surface area contributed by atoms with Gasteiger partial charge in [-0.15, -0.1) is 0 Å².